The second kappa shape index (κ2) is 9.93. The van der Waals surface area contributed by atoms with E-state index >= 15 is 0 Å². The lowest BCUT2D eigenvalue weighted by Gasteiger charge is -2.25. The van der Waals surface area contributed by atoms with E-state index in [0.717, 1.165) is 24.2 Å². The molecular weight excluding hydrogens is 470 g/mol. The number of amides is 1. The van der Waals surface area contributed by atoms with Crippen molar-refractivity contribution >= 4 is 29.1 Å². The Morgan fingerprint density at radius 2 is 1.70 bits per heavy atom. The maximum atomic E-state index is 13.4. The molecule has 188 valence electrons. The van der Waals surface area contributed by atoms with Gasteiger partial charge in [-0.1, -0.05) is 30.3 Å². The molecule has 3 aromatic carbocycles. The van der Waals surface area contributed by atoms with Gasteiger partial charge in [0.1, 0.15) is 11.5 Å². The highest BCUT2D eigenvalue weighted by Crippen LogP contribution is 2.42. The summed E-state index contributed by atoms with van der Waals surface area (Å²) in [5.41, 5.74) is 2.85. The molecule has 1 N–H and O–H groups in total. The maximum absolute atomic E-state index is 13.4. The zero-order chi connectivity index (χ0) is 26.1. The summed E-state index contributed by atoms with van der Waals surface area (Å²) >= 11 is 0. The van der Waals surface area contributed by atoms with Crippen LogP contribution in [-0.2, 0) is 20.7 Å². The van der Waals surface area contributed by atoms with E-state index in [-0.39, 0.29) is 17.4 Å². The quantitative estimate of drug-likeness (QED) is 0.225. The van der Waals surface area contributed by atoms with Crippen LogP contribution >= 0.6 is 0 Å². The van der Waals surface area contributed by atoms with Crippen LogP contribution in [0, 0.1) is 0 Å². The lowest BCUT2D eigenvalue weighted by Crippen LogP contribution is -2.29. The van der Waals surface area contributed by atoms with E-state index in [1.54, 1.807) is 50.2 Å². The Balaban J connectivity index is 1.59. The highest BCUT2D eigenvalue weighted by Gasteiger charge is 2.47. The van der Waals surface area contributed by atoms with Crippen molar-refractivity contribution in [3.8, 4) is 5.75 Å². The molecule has 0 spiro atoms. The molecule has 1 unspecified atom stereocenters. The van der Waals surface area contributed by atoms with E-state index in [1.165, 1.54) is 4.90 Å². The number of Topliss-reactive ketones (excluding diaryl/α,β-unsaturated/α-hetero) is 1. The van der Waals surface area contributed by atoms with Crippen molar-refractivity contribution in [3.63, 3.8) is 0 Å². The van der Waals surface area contributed by atoms with E-state index in [9.17, 15) is 19.5 Å². The first kappa shape index (κ1) is 24.3. The predicted octanol–water partition coefficient (Wildman–Crippen LogP) is 5.20. The first-order valence-corrected chi connectivity index (χ1v) is 12.3. The van der Waals surface area contributed by atoms with E-state index in [0.29, 0.717) is 29.0 Å². The molecule has 3 aromatic rings. The van der Waals surface area contributed by atoms with Gasteiger partial charge in [0.25, 0.3) is 11.7 Å². The van der Waals surface area contributed by atoms with Crippen LogP contribution in [-0.4, -0.2) is 35.5 Å². The monoisotopic (exact) mass is 497 g/mol. The molecule has 2 aliphatic heterocycles. The van der Waals surface area contributed by atoms with Gasteiger partial charge in [0, 0.05) is 11.3 Å². The number of benzene rings is 3. The summed E-state index contributed by atoms with van der Waals surface area (Å²) in [6.07, 6.45) is 1.41. The van der Waals surface area contributed by atoms with Gasteiger partial charge in [0.2, 0.25) is 0 Å². The zero-order valence-corrected chi connectivity index (χ0v) is 20.6. The SMILES string of the molecule is CC(C)OC(=O)c1ccc(N2C(=O)C(=O)/C(=C(\O)c3ccc4c(c3)CCCO4)C2c2ccccc2)cc1. The van der Waals surface area contributed by atoms with Crippen molar-refractivity contribution in [3.05, 3.63) is 101 Å². The van der Waals surface area contributed by atoms with Gasteiger partial charge in [-0.25, -0.2) is 4.79 Å². The number of ether oxygens (including phenoxy) is 2. The highest BCUT2D eigenvalue weighted by atomic mass is 16.5. The molecule has 7 heteroatoms. The molecule has 7 nitrogen and oxygen atoms in total. The summed E-state index contributed by atoms with van der Waals surface area (Å²) in [5, 5.41) is 11.4. The number of nitrogens with zero attached hydrogens (tertiary/aromatic N) is 1. The fraction of sp³-hybridized carbons (Fsp3) is 0.233. The number of fused-ring (bicyclic) bond motifs is 1. The van der Waals surface area contributed by atoms with Crippen LogP contribution in [0.1, 0.15) is 53.4 Å². The Labute approximate surface area is 214 Å². The summed E-state index contributed by atoms with van der Waals surface area (Å²) in [6, 6.07) is 19.9. The second-order valence-electron chi connectivity index (χ2n) is 9.36. The van der Waals surface area contributed by atoms with Gasteiger partial charge in [-0.2, -0.15) is 0 Å². The Morgan fingerprint density at radius 3 is 2.41 bits per heavy atom. The summed E-state index contributed by atoms with van der Waals surface area (Å²) in [4.78, 5) is 40.4. The first-order chi connectivity index (χ1) is 17.8. The third kappa shape index (κ3) is 4.60. The van der Waals surface area contributed by atoms with Gasteiger partial charge in [0.05, 0.1) is 29.9 Å². The number of aliphatic hydroxyl groups excluding tert-OH is 1. The Bertz CT molecular complexity index is 1390. The summed E-state index contributed by atoms with van der Waals surface area (Å²) in [5.74, 6) is -1.48. The zero-order valence-electron chi connectivity index (χ0n) is 20.6. The van der Waals surface area contributed by atoms with Crippen LogP contribution < -0.4 is 9.64 Å². The Kier molecular flexibility index (Phi) is 6.53. The normalized spacial score (nSPS) is 18.5. The minimum Gasteiger partial charge on any atom is -0.507 e. The third-order valence-corrected chi connectivity index (χ3v) is 6.47. The van der Waals surface area contributed by atoms with Crippen LogP contribution in [0.2, 0.25) is 0 Å². The number of aryl methyl sites for hydroxylation is 1. The highest BCUT2D eigenvalue weighted by molar-refractivity contribution is 6.51. The molecule has 2 heterocycles. The summed E-state index contributed by atoms with van der Waals surface area (Å²) < 4.78 is 10.9. The molecule has 1 fully saturated rings. The minimum atomic E-state index is -0.845. The molecule has 0 bridgehead atoms. The Hall–Kier alpha value is -4.39. The number of ketones is 1. The lowest BCUT2D eigenvalue weighted by molar-refractivity contribution is -0.132. The van der Waals surface area contributed by atoms with Gasteiger partial charge < -0.3 is 14.6 Å². The number of anilines is 1. The van der Waals surface area contributed by atoms with Gasteiger partial charge >= 0.3 is 5.97 Å². The number of aliphatic hydroxyl groups is 1. The van der Waals surface area contributed by atoms with Crippen LogP contribution in [0.4, 0.5) is 5.69 Å². The molecule has 2 aliphatic rings. The van der Waals surface area contributed by atoms with Gasteiger partial charge in [-0.05, 0) is 80.3 Å². The van der Waals surface area contributed by atoms with E-state index < -0.39 is 23.7 Å². The number of esters is 1. The average molecular weight is 498 g/mol. The molecule has 1 amide bonds. The largest absolute Gasteiger partial charge is 0.507 e. The van der Waals surface area contributed by atoms with Crippen LogP contribution in [0.15, 0.2) is 78.4 Å². The number of hydrogen-bond acceptors (Lipinski definition) is 6. The molecule has 37 heavy (non-hydrogen) atoms. The number of rotatable bonds is 5. The van der Waals surface area contributed by atoms with Crippen molar-refractivity contribution in [2.75, 3.05) is 11.5 Å². The molecule has 0 aliphatic carbocycles. The van der Waals surface area contributed by atoms with Crippen molar-refractivity contribution in [1.29, 1.82) is 0 Å². The van der Waals surface area contributed by atoms with Crippen LogP contribution in [0.5, 0.6) is 5.75 Å². The first-order valence-electron chi connectivity index (χ1n) is 12.3. The molecule has 1 atom stereocenters. The fourth-order valence-electron chi connectivity index (χ4n) is 4.75. The van der Waals surface area contributed by atoms with Crippen LogP contribution in [0.25, 0.3) is 5.76 Å². The topological polar surface area (TPSA) is 93.1 Å². The van der Waals surface area contributed by atoms with E-state index in [2.05, 4.69) is 0 Å². The molecule has 1 saturated heterocycles. The summed E-state index contributed by atoms with van der Waals surface area (Å²) in [7, 11) is 0. The smallest absolute Gasteiger partial charge is 0.338 e. The number of hydrogen-bond donors (Lipinski definition) is 1. The average Bonchev–Trinajstić information content (AvgIpc) is 3.18. The third-order valence-electron chi connectivity index (χ3n) is 6.47. The van der Waals surface area contributed by atoms with E-state index in [1.807, 2.05) is 36.4 Å². The predicted molar refractivity (Wildman–Crippen MR) is 138 cm³/mol. The van der Waals surface area contributed by atoms with Crippen molar-refractivity contribution in [1.82, 2.24) is 0 Å². The molecule has 0 radical (unpaired) electrons. The second-order valence-corrected chi connectivity index (χ2v) is 9.36. The van der Waals surface area contributed by atoms with E-state index in [4.69, 9.17) is 9.47 Å². The number of carbonyl (C=O) groups is 3. The van der Waals surface area contributed by atoms with Crippen molar-refractivity contribution in [2.24, 2.45) is 0 Å². The maximum Gasteiger partial charge on any atom is 0.338 e. The fourth-order valence-corrected chi connectivity index (χ4v) is 4.75. The van der Waals surface area contributed by atoms with Gasteiger partial charge in [-0.3, -0.25) is 14.5 Å². The molecule has 0 aromatic heterocycles. The lowest BCUT2D eigenvalue weighted by atomic mass is 9.94. The molecular formula is C30H27NO6. The van der Waals surface area contributed by atoms with Crippen molar-refractivity contribution in [2.45, 2.75) is 38.8 Å². The summed E-state index contributed by atoms with van der Waals surface area (Å²) in [6.45, 7) is 4.17. The minimum absolute atomic E-state index is 0.0103. The number of carbonyl (C=O) groups excluding carboxylic acids is 3. The van der Waals surface area contributed by atoms with Crippen molar-refractivity contribution < 1.29 is 29.0 Å². The molecule has 0 saturated carbocycles. The molecule has 5 rings (SSSR count). The van der Waals surface area contributed by atoms with Crippen LogP contribution in [0.3, 0.4) is 0 Å². The Morgan fingerprint density at radius 1 is 1.00 bits per heavy atom. The standard InChI is InChI=1S/C30H27NO6/c1-18(2)37-30(35)20-10-13-23(14-11-20)31-26(19-7-4-3-5-8-19)25(28(33)29(31)34)27(32)22-12-15-24-21(17-22)9-6-16-36-24/h3-5,7-8,10-15,17-18,26,32H,6,9,16H2,1-2H3/b27-25-. The van der Waals surface area contributed by atoms with Gasteiger partial charge in [0.15, 0.2) is 0 Å². The van der Waals surface area contributed by atoms with Gasteiger partial charge in [-0.15, -0.1) is 0 Å².